The number of aryl methyl sites for hydroxylation is 2. The molecule has 5 heteroatoms. The summed E-state index contributed by atoms with van der Waals surface area (Å²) in [4.78, 5) is 13.4. The Morgan fingerprint density at radius 1 is 1.21 bits per heavy atom. The Balaban J connectivity index is 1.97. The third-order valence-electron chi connectivity index (χ3n) is 6.36. The summed E-state index contributed by atoms with van der Waals surface area (Å²) in [5, 5.41) is 11.5. The number of anilines is 1. The van der Waals surface area contributed by atoms with E-state index in [4.69, 9.17) is 5.10 Å². The van der Waals surface area contributed by atoms with Crippen LogP contribution in [-0.4, -0.2) is 22.2 Å². The van der Waals surface area contributed by atoms with E-state index in [0.29, 0.717) is 5.56 Å². The molecule has 1 aliphatic heterocycles. The smallest absolute Gasteiger partial charge is 0.257 e. The number of amides is 1. The third kappa shape index (κ3) is 3.43. The van der Waals surface area contributed by atoms with Crippen molar-refractivity contribution in [3.8, 4) is 0 Å². The van der Waals surface area contributed by atoms with Gasteiger partial charge in [0.2, 0.25) is 0 Å². The van der Waals surface area contributed by atoms with Gasteiger partial charge in [-0.25, -0.2) is 4.68 Å². The van der Waals surface area contributed by atoms with Crippen molar-refractivity contribution in [2.24, 2.45) is 0 Å². The molecule has 0 fully saturated rings. The number of rotatable bonds is 6. The molecule has 2 N–H and O–H groups in total. The molecule has 2 heterocycles. The normalized spacial score (nSPS) is 15.6. The maximum atomic E-state index is 13.4. The van der Waals surface area contributed by atoms with Crippen LogP contribution in [0, 0.1) is 6.92 Å². The lowest BCUT2D eigenvalue weighted by Crippen LogP contribution is -2.45. The molecule has 3 rings (SSSR count). The highest BCUT2D eigenvalue weighted by molar-refractivity contribution is 6.00. The highest BCUT2D eigenvalue weighted by Gasteiger charge is 2.36. The van der Waals surface area contributed by atoms with Gasteiger partial charge >= 0.3 is 0 Å². The van der Waals surface area contributed by atoms with E-state index in [1.807, 2.05) is 11.6 Å². The van der Waals surface area contributed by atoms with Gasteiger partial charge in [0.25, 0.3) is 5.91 Å². The molecular weight excluding hydrogens is 348 g/mol. The molecule has 152 valence electrons. The summed E-state index contributed by atoms with van der Waals surface area (Å²) in [5.74, 6) is 0.793. The molecular formula is C23H34N4O. The molecule has 1 aromatic heterocycles. The lowest BCUT2D eigenvalue weighted by atomic mass is 9.83. The highest BCUT2D eigenvalue weighted by Crippen LogP contribution is 2.34. The van der Waals surface area contributed by atoms with Gasteiger partial charge in [0.05, 0.1) is 16.8 Å². The van der Waals surface area contributed by atoms with Crippen molar-refractivity contribution in [3.05, 3.63) is 46.6 Å². The van der Waals surface area contributed by atoms with Crippen LogP contribution in [0.2, 0.25) is 0 Å². The second-order valence-corrected chi connectivity index (χ2v) is 8.50. The maximum Gasteiger partial charge on any atom is 0.257 e. The van der Waals surface area contributed by atoms with Crippen LogP contribution < -0.4 is 10.6 Å². The van der Waals surface area contributed by atoms with Crippen LogP contribution in [0.1, 0.15) is 81.1 Å². The van der Waals surface area contributed by atoms with E-state index in [9.17, 15) is 4.79 Å². The molecule has 5 nitrogen and oxygen atoms in total. The molecule has 0 atom stereocenters. The van der Waals surface area contributed by atoms with Gasteiger partial charge in [-0.15, -0.1) is 0 Å². The molecule has 1 amide bonds. The van der Waals surface area contributed by atoms with E-state index in [2.05, 4.69) is 69.5 Å². The van der Waals surface area contributed by atoms with Crippen molar-refractivity contribution in [2.75, 3.05) is 11.9 Å². The topological polar surface area (TPSA) is 59.0 Å². The number of carbonyl (C=O) groups is 1. The molecule has 1 aromatic carbocycles. The highest BCUT2D eigenvalue weighted by atomic mass is 16.2. The van der Waals surface area contributed by atoms with E-state index in [1.165, 1.54) is 5.56 Å². The fourth-order valence-corrected chi connectivity index (χ4v) is 4.24. The van der Waals surface area contributed by atoms with E-state index < -0.39 is 0 Å². The summed E-state index contributed by atoms with van der Waals surface area (Å²) in [6.45, 7) is 13.5. The van der Waals surface area contributed by atoms with Crippen molar-refractivity contribution < 1.29 is 4.79 Å². The number of hydrogen-bond donors (Lipinski definition) is 2. The Kier molecular flexibility index (Phi) is 5.55. The molecule has 0 saturated carbocycles. The molecule has 0 saturated heterocycles. The average Bonchev–Trinajstić information content (AvgIpc) is 3.04. The van der Waals surface area contributed by atoms with Gasteiger partial charge in [0.1, 0.15) is 11.4 Å². The van der Waals surface area contributed by atoms with E-state index in [1.54, 1.807) is 0 Å². The first-order valence-corrected chi connectivity index (χ1v) is 10.5. The van der Waals surface area contributed by atoms with Gasteiger partial charge < -0.3 is 10.6 Å². The Bertz CT molecular complexity index is 844. The quantitative estimate of drug-likeness (QED) is 0.758. The number of carbonyl (C=O) groups excluding carboxylic acids is 1. The second-order valence-electron chi connectivity index (χ2n) is 8.50. The number of benzene rings is 1. The predicted octanol–water partition coefficient (Wildman–Crippen LogP) is 4.75. The van der Waals surface area contributed by atoms with Gasteiger partial charge in [-0.05, 0) is 57.6 Å². The molecule has 1 aliphatic rings. The zero-order chi connectivity index (χ0) is 20.5. The largest absolute Gasteiger partial charge is 0.369 e. The zero-order valence-corrected chi connectivity index (χ0v) is 18.1. The van der Waals surface area contributed by atoms with E-state index in [0.717, 1.165) is 49.3 Å². The fourth-order valence-electron chi connectivity index (χ4n) is 4.24. The minimum atomic E-state index is -0.380. The van der Waals surface area contributed by atoms with Gasteiger partial charge in [-0.2, -0.15) is 5.10 Å². The number of aromatic nitrogens is 2. The molecule has 0 spiro atoms. The Morgan fingerprint density at radius 2 is 1.86 bits per heavy atom. The van der Waals surface area contributed by atoms with Crippen LogP contribution in [0.3, 0.4) is 0 Å². The van der Waals surface area contributed by atoms with Gasteiger partial charge in [0.15, 0.2) is 0 Å². The number of nitrogens with one attached hydrogen (secondary N) is 2. The Hall–Kier alpha value is -2.30. The lowest BCUT2D eigenvalue weighted by molar-refractivity contribution is 0.0889. The minimum absolute atomic E-state index is 0.0489. The third-order valence-corrected chi connectivity index (χ3v) is 6.36. The number of fused-ring (bicyclic) bond motifs is 1. The zero-order valence-electron chi connectivity index (χ0n) is 18.1. The van der Waals surface area contributed by atoms with Crippen molar-refractivity contribution >= 4 is 11.7 Å². The monoisotopic (exact) mass is 382 g/mol. The molecule has 2 aromatic rings. The van der Waals surface area contributed by atoms with Crippen molar-refractivity contribution in [1.82, 2.24) is 15.1 Å². The lowest BCUT2D eigenvalue weighted by Gasteiger charge is -2.35. The summed E-state index contributed by atoms with van der Waals surface area (Å²) in [5.41, 5.74) is 3.45. The first-order valence-electron chi connectivity index (χ1n) is 10.5. The minimum Gasteiger partial charge on any atom is -0.369 e. The van der Waals surface area contributed by atoms with E-state index >= 15 is 0 Å². The van der Waals surface area contributed by atoms with Gasteiger partial charge in [-0.1, -0.05) is 45.0 Å². The van der Waals surface area contributed by atoms with Crippen LogP contribution in [0.4, 0.5) is 5.82 Å². The van der Waals surface area contributed by atoms with Crippen LogP contribution in [0.15, 0.2) is 24.3 Å². The molecule has 0 radical (unpaired) electrons. The predicted molar refractivity (Wildman–Crippen MR) is 115 cm³/mol. The van der Waals surface area contributed by atoms with Gasteiger partial charge in [-0.3, -0.25) is 4.79 Å². The number of hydrogen-bond acceptors (Lipinski definition) is 3. The summed E-state index contributed by atoms with van der Waals surface area (Å²) in [7, 11) is 0. The molecule has 0 bridgehead atoms. The summed E-state index contributed by atoms with van der Waals surface area (Å²) in [6.07, 6.45) is 3.67. The van der Waals surface area contributed by atoms with Crippen LogP contribution >= 0.6 is 0 Å². The second kappa shape index (κ2) is 7.61. The average molecular weight is 383 g/mol. The van der Waals surface area contributed by atoms with Crippen LogP contribution in [-0.2, 0) is 17.5 Å². The summed E-state index contributed by atoms with van der Waals surface area (Å²) in [6, 6.07) is 8.65. The van der Waals surface area contributed by atoms with Gasteiger partial charge in [0, 0.05) is 6.54 Å². The van der Waals surface area contributed by atoms with Crippen molar-refractivity contribution in [1.29, 1.82) is 0 Å². The summed E-state index contributed by atoms with van der Waals surface area (Å²) >= 11 is 0. The van der Waals surface area contributed by atoms with E-state index in [-0.39, 0.29) is 17.0 Å². The molecule has 0 aliphatic carbocycles. The maximum absolute atomic E-state index is 13.4. The SMILES string of the molecule is CCc1ccc(C(CC)(CC)NC(=O)c2c(C)nn3c2NCCC3(C)C)cc1. The molecule has 0 unspecified atom stereocenters. The van der Waals surface area contributed by atoms with Crippen molar-refractivity contribution in [3.63, 3.8) is 0 Å². The Labute approximate surface area is 168 Å². The van der Waals surface area contributed by atoms with Crippen LogP contribution in [0.5, 0.6) is 0 Å². The first kappa shape index (κ1) is 20.4. The standard InChI is InChI=1S/C23H34N4O/c1-7-17-10-12-18(13-11-17)23(8-2,9-3)25-21(28)19-16(4)26-27-20(19)24-15-14-22(27,5)6/h10-13,24H,7-9,14-15H2,1-6H3,(H,25,28). The Morgan fingerprint density at radius 3 is 2.43 bits per heavy atom. The summed E-state index contributed by atoms with van der Waals surface area (Å²) < 4.78 is 1.98. The van der Waals surface area contributed by atoms with Crippen LogP contribution in [0.25, 0.3) is 0 Å². The molecule has 28 heavy (non-hydrogen) atoms. The first-order chi connectivity index (χ1) is 13.3. The number of nitrogens with zero attached hydrogens (tertiary/aromatic N) is 2. The van der Waals surface area contributed by atoms with Crippen molar-refractivity contribution in [2.45, 2.75) is 78.3 Å². The fraction of sp³-hybridized carbons (Fsp3) is 0.565.